The summed E-state index contributed by atoms with van der Waals surface area (Å²) in [5.41, 5.74) is 0. The van der Waals surface area contributed by atoms with E-state index in [1.807, 2.05) is 12.2 Å². The van der Waals surface area contributed by atoms with Gasteiger partial charge in [-0.3, -0.25) is 18.6 Å². The Morgan fingerprint density at radius 2 is 1.06 bits per heavy atom. The summed E-state index contributed by atoms with van der Waals surface area (Å²) in [5, 5.41) is 0. The highest BCUT2D eigenvalue weighted by Crippen LogP contribution is 2.43. The van der Waals surface area contributed by atoms with Gasteiger partial charge in [0.15, 0.2) is 6.10 Å². The summed E-state index contributed by atoms with van der Waals surface area (Å²) in [7, 11) is -4.30. The van der Waals surface area contributed by atoms with Crippen molar-refractivity contribution in [1.82, 2.24) is 0 Å². The molecule has 0 aliphatic carbocycles. The van der Waals surface area contributed by atoms with Gasteiger partial charge in [-0.25, -0.2) is 4.57 Å². The van der Waals surface area contributed by atoms with Crippen LogP contribution in [0.5, 0.6) is 0 Å². The highest BCUT2D eigenvalue weighted by molar-refractivity contribution is 7.47. The molecule has 0 aliphatic rings. The summed E-state index contributed by atoms with van der Waals surface area (Å²) in [4.78, 5) is 34.6. The molecule has 0 aromatic carbocycles. The predicted octanol–water partition coefficient (Wildman–Crippen LogP) is 12.0. The zero-order valence-corrected chi connectivity index (χ0v) is 32.7. The Balaban J connectivity index is 4.22. The largest absolute Gasteiger partial charge is 0.472 e. The quantitative estimate of drug-likeness (QED) is 0.0298. The summed E-state index contributed by atoms with van der Waals surface area (Å²) in [6.45, 7) is 5.24. The molecule has 0 heterocycles. The monoisotopic (exact) mass is 722 g/mol. The number of unbranched alkanes of at least 4 members (excludes halogenated alkanes) is 13. The molecule has 0 aromatic heterocycles. The van der Waals surface area contributed by atoms with E-state index in [-0.39, 0.29) is 26.1 Å². The summed E-state index contributed by atoms with van der Waals surface area (Å²) >= 11 is 0. The van der Waals surface area contributed by atoms with Crippen LogP contribution in [0, 0.1) is 0 Å². The molecule has 0 aliphatic heterocycles. The van der Waals surface area contributed by atoms with Crippen LogP contribution in [0.1, 0.15) is 162 Å². The van der Waals surface area contributed by atoms with Crippen LogP contribution >= 0.6 is 7.82 Å². The van der Waals surface area contributed by atoms with Crippen LogP contribution in [0.15, 0.2) is 60.8 Å². The zero-order chi connectivity index (χ0) is 36.8. The van der Waals surface area contributed by atoms with Gasteiger partial charge in [-0.05, 0) is 71.1 Å². The minimum absolute atomic E-state index is 0.0151. The van der Waals surface area contributed by atoms with Gasteiger partial charge in [-0.1, -0.05) is 139 Å². The van der Waals surface area contributed by atoms with Crippen LogP contribution in [-0.2, 0) is 32.7 Å². The normalized spacial score (nSPS) is 14.1. The van der Waals surface area contributed by atoms with Crippen molar-refractivity contribution >= 4 is 19.8 Å². The molecule has 0 spiro atoms. The molecule has 0 radical (unpaired) electrons. The summed E-state index contributed by atoms with van der Waals surface area (Å²) in [6.07, 6.45) is 42.9. The molecule has 0 saturated heterocycles. The second-order valence-corrected chi connectivity index (χ2v) is 14.0. The van der Waals surface area contributed by atoms with Crippen LogP contribution in [0.25, 0.3) is 0 Å². The van der Waals surface area contributed by atoms with E-state index in [1.54, 1.807) is 6.92 Å². The molecule has 0 aromatic rings. The van der Waals surface area contributed by atoms with Crippen molar-refractivity contribution in [2.45, 2.75) is 168 Å². The van der Waals surface area contributed by atoms with E-state index in [0.717, 1.165) is 57.8 Å². The number of carbonyl (C=O) groups is 2. The van der Waals surface area contributed by atoms with Crippen molar-refractivity contribution in [2.24, 2.45) is 0 Å². The standard InChI is InChI=1S/C41H71O8P/c1-4-7-9-11-13-15-17-19-20-21-22-24-25-27-29-31-33-35-40(42)46-37-39(38-48-50(44,45)47-6-3)49-41(43)36-34-32-30-28-26-23-18-16-14-12-10-8-5-2/h8,10,14,16,19-20,23,26,30,32,39H,4-7,9,11-13,15,17-18,21-22,24-25,27-29,31,33-38H2,1-3H3,(H,44,45)/b10-8-,16-14-,20-19-,26-23-,32-30-. The lowest BCUT2D eigenvalue weighted by molar-refractivity contribution is -0.161. The van der Waals surface area contributed by atoms with Crippen LogP contribution < -0.4 is 0 Å². The fourth-order valence-corrected chi connectivity index (χ4v) is 5.74. The number of hydrogen-bond acceptors (Lipinski definition) is 7. The average Bonchev–Trinajstić information content (AvgIpc) is 3.09. The molecular weight excluding hydrogens is 651 g/mol. The highest BCUT2D eigenvalue weighted by Gasteiger charge is 2.25. The first-order valence-electron chi connectivity index (χ1n) is 19.6. The number of ether oxygens (including phenoxy) is 2. The lowest BCUT2D eigenvalue weighted by Gasteiger charge is -2.19. The minimum atomic E-state index is -4.30. The number of hydrogen-bond donors (Lipinski definition) is 1. The van der Waals surface area contributed by atoms with E-state index < -0.39 is 32.5 Å². The third kappa shape index (κ3) is 35.6. The van der Waals surface area contributed by atoms with Gasteiger partial charge in [0.25, 0.3) is 0 Å². The lowest BCUT2D eigenvalue weighted by atomic mass is 10.1. The van der Waals surface area contributed by atoms with Gasteiger partial charge >= 0.3 is 19.8 Å². The molecule has 288 valence electrons. The summed E-state index contributed by atoms with van der Waals surface area (Å²) in [5.74, 6) is -0.902. The number of allylic oxidation sites excluding steroid dienone is 10. The molecule has 0 saturated carbocycles. The van der Waals surface area contributed by atoms with Crippen molar-refractivity contribution in [3.63, 3.8) is 0 Å². The molecule has 0 bridgehead atoms. The molecule has 0 rings (SSSR count). The Labute approximate surface area is 305 Å². The SMILES string of the molecule is CC/C=C\C/C=C\C/C=C\C/C=C\CCC(=O)OC(COC(=O)CCCCCCCCC/C=C\CCCCCCCC)COP(=O)(O)OCC. The van der Waals surface area contributed by atoms with Crippen LogP contribution in [0.4, 0.5) is 0 Å². The van der Waals surface area contributed by atoms with Crippen LogP contribution in [0.2, 0.25) is 0 Å². The molecular formula is C41H71O8P. The van der Waals surface area contributed by atoms with Crippen molar-refractivity contribution in [3.8, 4) is 0 Å². The van der Waals surface area contributed by atoms with Crippen molar-refractivity contribution in [1.29, 1.82) is 0 Å². The Hall–Kier alpha value is -2.25. The summed E-state index contributed by atoms with van der Waals surface area (Å²) < 4.78 is 32.4. The van der Waals surface area contributed by atoms with E-state index in [4.69, 9.17) is 18.5 Å². The van der Waals surface area contributed by atoms with Gasteiger partial charge in [0, 0.05) is 12.8 Å². The Morgan fingerprint density at radius 3 is 1.62 bits per heavy atom. The van der Waals surface area contributed by atoms with Crippen molar-refractivity contribution in [3.05, 3.63) is 60.8 Å². The van der Waals surface area contributed by atoms with E-state index in [1.165, 1.54) is 64.2 Å². The van der Waals surface area contributed by atoms with Gasteiger partial charge in [-0.2, -0.15) is 0 Å². The fraction of sp³-hybridized carbons (Fsp3) is 0.707. The smallest absolute Gasteiger partial charge is 0.462 e. The number of phosphoric ester groups is 1. The number of rotatable bonds is 35. The lowest BCUT2D eigenvalue weighted by Crippen LogP contribution is -2.29. The second-order valence-electron chi connectivity index (χ2n) is 12.6. The van der Waals surface area contributed by atoms with E-state index in [2.05, 4.69) is 62.5 Å². The Kier molecular flexibility index (Phi) is 34.9. The molecule has 8 nitrogen and oxygen atoms in total. The van der Waals surface area contributed by atoms with Crippen LogP contribution in [0.3, 0.4) is 0 Å². The maximum absolute atomic E-state index is 12.5. The topological polar surface area (TPSA) is 108 Å². The fourth-order valence-electron chi connectivity index (χ4n) is 4.99. The summed E-state index contributed by atoms with van der Waals surface area (Å²) in [6, 6.07) is 0. The molecule has 0 amide bonds. The van der Waals surface area contributed by atoms with Crippen molar-refractivity contribution in [2.75, 3.05) is 19.8 Å². The highest BCUT2D eigenvalue weighted by atomic mass is 31.2. The molecule has 9 heteroatoms. The Bertz CT molecular complexity index is 1000. The third-order valence-corrected chi connectivity index (χ3v) is 8.88. The molecule has 50 heavy (non-hydrogen) atoms. The van der Waals surface area contributed by atoms with Gasteiger partial charge in [0.05, 0.1) is 13.2 Å². The number of phosphoric acid groups is 1. The van der Waals surface area contributed by atoms with E-state index >= 15 is 0 Å². The second kappa shape index (κ2) is 36.5. The first kappa shape index (κ1) is 47.8. The molecule has 2 atom stereocenters. The third-order valence-electron chi connectivity index (χ3n) is 7.82. The van der Waals surface area contributed by atoms with Crippen molar-refractivity contribution < 1.29 is 37.6 Å². The van der Waals surface area contributed by atoms with E-state index in [0.29, 0.717) is 6.42 Å². The van der Waals surface area contributed by atoms with Crippen LogP contribution in [-0.4, -0.2) is 42.8 Å². The van der Waals surface area contributed by atoms with Gasteiger partial charge in [-0.15, -0.1) is 0 Å². The first-order valence-corrected chi connectivity index (χ1v) is 21.1. The Morgan fingerprint density at radius 1 is 0.560 bits per heavy atom. The molecule has 0 fully saturated rings. The predicted molar refractivity (Wildman–Crippen MR) is 207 cm³/mol. The zero-order valence-electron chi connectivity index (χ0n) is 31.8. The molecule has 1 N–H and O–H groups in total. The number of carbonyl (C=O) groups excluding carboxylic acids is 2. The average molecular weight is 723 g/mol. The maximum atomic E-state index is 12.5. The van der Waals surface area contributed by atoms with Gasteiger partial charge < -0.3 is 14.4 Å². The number of esters is 2. The van der Waals surface area contributed by atoms with Gasteiger partial charge in [0.1, 0.15) is 6.61 Å². The molecule has 2 unspecified atom stereocenters. The first-order chi connectivity index (χ1) is 24.3. The van der Waals surface area contributed by atoms with Gasteiger partial charge in [0.2, 0.25) is 0 Å². The minimum Gasteiger partial charge on any atom is -0.462 e. The van der Waals surface area contributed by atoms with E-state index in [9.17, 15) is 19.0 Å². The maximum Gasteiger partial charge on any atom is 0.472 e.